The molecule has 2 amide bonds. The van der Waals surface area contributed by atoms with Crippen LogP contribution in [0.1, 0.15) is 15.9 Å². The van der Waals surface area contributed by atoms with Gasteiger partial charge in [0.2, 0.25) is 0 Å². The minimum atomic E-state index is -3.04. The predicted molar refractivity (Wildman–Crippen MR) is 106 cm³/mol. The Hall–Kier alpha value is -3.14. The third kappa shape index (κ3) is 4.02. The molecule has 0 saturated carbocycles. The maximum Gasteiger partial charge on any atom is 0.353 e. The Labute approximate surface area is 168 Å². The summed E-state index contributed by atoms with van der Waals surface area (Å²) in [6.07, 6.45) is 0. The van der Waals surface area contributed by atoms with Crippen LogP contribution in [0.4, 0.5) is 5.69 Å². The van der Waals surface area contributed by atoms with Crippen LogP contribution < -0.4 is 10.2 Å². The molecule has 0 aliphatic carbocycles. The largest absolute Gasteiger partial charge is 0.464 e. The van der Waals surface area contributed by atoms with Gasteiger partial charge in [-0.2, -0.15) is 0 Å². The topological polar surface area (TPSA) is 113 Å². The van der Waals surface area contributed by atoms with Crippen molar-refractivity contribution in [3.05, 3.63) is 53.9 Å². The minimum Gasteiger partial charge on any atom is -0.464 e. The number of ether oxygens (including phenoxy) is 1. The molecular formula is C19H21N3O6S. The van der Waals surface area contributed by atoms with Crippen LogP contribution in [0.2, 0.25) is 0 Å². The van der Waals surface area contributed by atoms with E-state index in [0.717, 1.165) is 12.8 Å². The lowest BCUT2D eigenvalue weighted by Gasteiger charge is -2.30. The zero-order chi connectivity index (χ0) is 21.3. The van der Waals surface area contributed by atoms with Gasteiger partial charge in [-0.1, -0.05) is 19.2 Å². The summed E-state index contributed by atoms with van der Waals surface area (Å²) in [5.74, 6) is -1.83. The van der Waals surface area contributed by atoms with E-state index in [9.17, 15) is 22.8 Å². The fourth-order valence-corrected chi connectivity index (χ4v) is 4.49. The highest BCUT2D eigenvalue weighted by atomic mass is 32.2. The van der Waals surface area contributed by atoms with Crippen molar-refractivity contribution in [1.82, 2.24) is 10.2 Å². The Morgan fingerprint density at radius 1 is 1.17 bits per heavy atom. The molecule has 29 heavy (non-hydrogen) atoms. The van der Waals surface area contributed by atoms with Crippen LogP contribution in [0.25, 0.3) is 0 Å². The van der Waals surface area contributed by atoms with Gasteiger partial charge in [0, 0.05) is 29.9 Å². The van der Waals surface area contributed by atoms with Crippen LogP contribution in [0.5, 0.6) is 0 Å². The Bertz CT molecular complexity index is 1020. The smallest absolute Gasteiger partial charge is 0.353 e. The molecule has 0 atom stereocenters. The monoisotopic (exact) mass is 419 g/mol. The summed E-state index contributed by atoms with van der Waals surface area (Å²) in [5, 5.41) is 2.26. The molecule has 10 heteroatoms. The lowest BCUT2D eigenvalue weighted by atomic mass is 10.1. The number of nitrogens with one attached hydrogen (secondary N) is 1. The molecule has 0 bridgehead atoms. The number of fused-ring (bicyclic) bond motifs is 1. The molecule has 0 radical (unpaired) electrons. The summed E-state index contributed by atoms with van der Waals surface area (Å²) in [7, 11) is -1.88. The van der Waals surface area contributed by atoms with Crippen molar-refractivity contribution >= 4 is 33.3 Å². The number of esters is 1. The number of sulfone groups is 1. The van der Waals surface area contributed by atoms with E-state index in [4.69, 9.17) is 0 Å². The third-order valence-electron chi connectivity index (χ3n) is 4.91. The predicted octanol–water partition coefficient (Wildman–Crippen LogP) is 0.194. The normalized spacial score (nSPS) is 17.5. The Kier molecular flexibility index (Phi) is 5.47. The van der Waals surface area contributed by atoms with Crippen molar-refractivity contribution in [2.24, 2.45) is 0 Å². The Morgan fingerprint density at radius 2 is 1.83 bits per heavy atom. The standard InChI is InChI=1S/C19H21N3O6S/c1-12(19(25)28-3)20-17(23)13(2)22-11-15-14(18(22)24)5-4-6-16(15)21-7-9-29(26,27)10-8-21/h4-6H,1-2,7-11H2,3H3,(H,20,23). The van der Waals surface area contributed by atoms with Crippen LogP contribution in [-0.2, 0) is 30.7 Å². The van der Waals surface area contributed by atoms with E-state index < -0.39 is 27.6 Å². The molecule has 2 aliphatic heterocycles. The van der Waals surface area contributed by atoms with Crippen LogP contribution >= 0.6 is 0 Å². The van der Waals surface area contributed by atoms with Crippen molar-refractivity contribution in [1.29, 1.82) is 0 Å². The highest BCUT2D eigenvalue weighted by molar-refractivity contribution is 7.91. The molecule has 1 aromatic rings. The molecule has 9 nitrogen and oxygen atoms in total. The van der Waals surface area contributed by atoms with Gasteiger partial charge in [0.25, 0.3) is 11.8 Å². The first kappa shape index (κ1) is 20.6. The number of methoxy groups -OCH3 is 1. The number of carbonyl (C=O) groups is 3. The zero-order valence-corrected chi connectivity index (χ0v) is 16.8. The van der Waals surface area contributed by atoms with Crippen LogP contribution in [0.15, 0.2) is 42.8 Å². The van der Waals surface area contributed by atoms with Gasteiger partial charge in [0.1, 0.15) is 11.4 Å². The molecule has 2 aliphatic rings. The van der Waals surface area contributed by atoms with E-state index in [-0.39, 0.29) is 29.4 Å². The molecule has 0 aromatic heterocycles. The second kappa shape index (κ2) is 7.70. The average Bonchev–Trinajstić information content (AvgIpc) is 3.03. The SMILES string of the molecule is C=C(NC(=O)C(=C)N1Cc2c(cccc2N2CCS(=O)(=O)CC2)C1=O)C(=O)OC. The number of nitrogens with zero attached hydrogens (tertiary/aromatic N) is 2. The van der Waals surface area contributed by atoms with Gasteiger partial charge >= 0.3 is 5.97 Å². The molecule has 3 rings (SSSR count). The van der Waals surface area contributed by atoms with Gasteiger partial charge in [-0.15, -0.1) is 0 Å². The molecule has 2 heterocycles. The molecule has 1 aromatic carbocycles. The summed E-state index contributed by atoms with van der Waals surface area (Å²) in [6.45, 7) is 7.89. The quantitative estimate of drug-likeness (QED) is 0.536. The molecular weight excluding hydrogens is 398 g/mol. The molecule has 154 valence electrons. The van der Waals surface area contributed by atoms with Crippen LogP contribution in [0, 0.1) is 0 Å². The highest BCUT2D eigenvalue weighted by Crippen LogP contribution is 2.34. The fraction of sp³-hybridized carbons (Fsp3) is 0.316. The number of hydrogen-bond acceptors (Lipinski definition) is 7. The Morgan fingerprint density at radius 3 is 2.45 bits per heavy atom. The van der Waals surface area contributed by atoms with E-state index in [0.29, 0.717) is 24.2 Å². The number of hydrogen-bond donors (Lipinski definition) is 1. The first-order valence-corrected chi connectivity index (χ1v) is 10.6. The second-order valence-corrected chi connectivity index (χ2v) is 9.01. The lowest BCUT2D eigenvalue weighted by molar-refractivity contribution is -0.137. The van der Waals surface area contributed by atoms with Crippen molar-refractivity contribution in [2.75, 3.05) is 36.6 Å². The minimum absolute atomic E-state index is 0.0546. The maximum absolute atomic E-state index is 12.8. The summed E-state index contributed by atoms with van der Waals surface area (Å²) in [4.78, 5) is 39.7. The Balaban J connectivity index is 1.79. The lowest BCUT2D eigenvalue weighted by Crippen LogP contribution is -2.40. The van der Waals surface area contributed by atoms with Crippen molar-refractivity contribution in [3.8, 4) is 0 Å². The van der Waals surface area contributed by atoms with Crippen molar-refractivity contribution in [2.45, 2.75) is 6.54 Å². The summed E-state index contributed by atoms with van der Waals surface area (Å²) in [6, 6.07) is 5.20. The second-order valence-electron chi connectivity index (χ2n) is 6.70. The van der Waals surface area contributed by atoms with Gasteiger partial charge in [0.15, 0.2) is 9.84 Å². The number of carbonyl (C=O) groups excluding carboxylic acids is 3. The first-order valence-electron chi connectivity index (χ1n) is 8.81. The molecule has 1 fully saturated rings. The summed E-state index contributed by atoms with van der Waals surface area (Å²) < 4.78 is 27.9. The van der Waals surface area contributed by atoms with Gasteiger partial charge in [0.05, 0.1) is 25.2 Å². The van der Waals surface area contributed by atoms with Crippen LogP contribution in [-0.4, -0.2) is 62.8 Å². The van der Waals surface area contributed by atoms with E-state index >= 15 is 0 Å². The summed E-state index contributed by atoms with van der Waals surface area (Å²) in [5.41, 5.74) is 1.50. The van der Waals surface area contributed by atoms with Gasteiger partial charge < -0.3 is 15.0 Å². The van der Waals surface area contributed by atoms with E-state index in [1.54, 1.807) is 12.1 Å². The molecule has 1 N–H and O–H groups in total. The van der Waals surface area contributed by atoms with Gasteiger partial charge in [-0.3, -0.25) is 14.5 Å². The fourth-order valence-electron chi connectivity index (χ4n) is 3.29. The summed E-state index contributed by atoms with van der Waals surface area (Å²) >= 11 is 0. The van der Waals surface area contributed by atoms with Gasteiger partial charge in [-0.25, -0.2) is 13.2 Å². The van der Waals surface area contributed by atoms with Crippen molar-refractivity contribution in [3.63, 3.8) is 0 Å². The van der Waals surface area contributed by atoms with Crippen LogP contribution in [0.3, 0.4) is 0 Å². The number of benzene rings is 1. The molecule has 0 unspecified atom stereocenters. The van der Waals surface area contributed by atoms with Crippen molar-refractivity contribution < 1.29 is 27.5 Å². The number of rotatable bonds is 5. The first-order chi connectivity index (χ1) is 13.6. The molecule has 0 spiro atoms. The number of amides is 2. The maximum atomic E-state index is 12.8. The number of anilines is 1. The highest BCUT2D eigenvalue weighted by Gasteiger charge is 2.35. The average molecular weight is 419 g/mol. The van der Waals surface area contributed by atoms with E-state index in [1.807, 2.05) is 11.0 Å². The van der Waals surface area contributed by atoms with E-state index in [1.165, 1.54) is 4.90 Å². The third-order valence-corrected chi connectivity index (χ3v) is 6.52. The zero-order valence-electron chi connectivity index (χ0n) is 15.9. The van der Waals surface area contributed by atoms with Gasteiger partial charge in [-0.05, 0) is 12.1 Å². The molecule has 1 saturated heterocycles. The van der Waals surface area contributed by atoms with E-state index in [2.05, 4.69) is 23.2 Å².